The molecule has 0 aliphatic carbocycles. The Balaban J connectivity index is 3.95. The molecule has 0 atom stereocenters. The minimum atomic E-state index is 0.411. The van der Waals surface area contributed by atoms with Gasteiger partial charge < -0.3 is 0 Å². The van der Waals surface area contributed by atoms with Crippen molar-refractivity contribution in [3.63, 3.8) is 0 Å². The van der Waals surface area contributed by atoms with E-state index in [0.717, 1.165) is 6.42 Å². The molecule has 0 aromatic heterocycles. The van der Waals surface area contributed by atoms with Gasteiger partial charge in [-0.25, -0.2) is 0 Å². The Morgan fingerprint density at radius 3 is 1.94 bits per heavy atom. The summed E-state index contributed by atoms with van der Waals surface area (Å²) in [7, 11) is 0. The number of hydrogen-bond donors (Lipinski definition) is 0. The van der Waals surface area contributed by atoms with Crippen molar-refractivity contribution in [3.05, 3.63) is 35.5 Å². The lowest BCUT2D eigenvalue weighted by molar-refractivity contribution is 0.419. The fraction of sp³-hybridized carbons (Fsp3) is 0.667. The lowest BCUT2D eigenvalue weighted by Crippen LogP contribution is -2.02. The molecule has 0 heteroatoms. The summed E-state index contributed by atoms with van der Waals surface area (Å²) in [5.41, 5.74) is 4.72. The van der Waals surface area contributed by atoms with Gasteiger partial charge in [0.05, 0.1) is 0 Å². The van der Waals surface area contributed by atoms with Crippen molar-refractivity contribution < 1.29 is 0 Å². The predicted octanol–water partition coefficient (Wildman–Crippen LogP) is 6.45. The first-order valence-corrected chi connectivity index (χ1v) is 7.16. The lowest BCUT2D eigenvalue weighted by atomic mass is 9.91. The maximum absolute atomic E-state index is 3.95. The second-order valence-corrected chi connectivity index (χ2v) is 6.86. The highest BCUT2D eigenvalue weighted by molar-refractivity contribution is 5.06. The highest BCUT2D eigenvalue weighted by atomic mass is 14.1. The fourth-order valence-corrected chi connectivity index (χ4v) is 1.64. The molecule has 0 spiro atoms. The Bertz CT molecular complexity index is 307. The van der Waals surface area contributed by atoms with Gasteiger partial charge in [-0.3, -0.25) is 0 Å². The van der Waals surface area contributed by atoms with Gasteiger partial charge in [-0.05, 0) is 58.3 Å². The molecule has 0 unspecified atom stereocenters. The van der Waals surface area contributed by atoms with Gasteiger partial charge in [0, 0.05) is 0 Å². The summed E-state index contributed by atoms with van der Waals surface area (Å²) in [6.07, 6.45) is 10.6. The third-order valence-electron chi connectivity index (χ3n) is 3.04. The van der Waals surface area contributed by atoms with E-state index in [1.807, 2.05) is 0 Å². The molecule has 0 saturated heterocycles. The largest absolute Gasteiger partial charge is 0.100 e. The first kappa shape index (κ1) is 17.2. The average molecular weight is 248 g/mol. The van der Waals surface area contributed by atoms with Crippen LogP contribution in [0.15, 0.2) is 35.5 Å². The van der Waals surface area contributed by atoms with Crippen molar-refractivity contribution in [3.8, 4) is 0 Å². The molecular formula is C18H32. The molecule has 0 nitrogen and oxygen atoms in total. The molecular weight excluding hydrogens is 216 g/mol. The molecule has 0 aliphatic rings. The average Bonchev–Trinajstić information content (AvgIpc) is 2.22. The van der Waals surface area contributed by atoms with Gasteiger partial charge in [-0.15, -0.1) is 6.58 Å². The van der Waals surface area contributed by atoms with Crippen LogP contribution in [0.2, 0.25) is 0 Å². The summed E-state index contributed by atoms with van der Waals surface area (Å²) >= 11 is 0. The number of rotatable bonds is 7. The minimum absolute atomic E-state index is 0.411. The standard InChI is InChI=1S/C18H32/c1-15(2)11-12-16(3)9-8-10-17(4)13-14-18(5,6)7/h9,13H,1,8,10-12,14H2,2-7H3/b16-9+,17-13+. The molecule has 18 heavy (non-hydrogen) atoms. The summed E-state index contributed by atoms with van der Waals surface area (Å²) in [6, 6.07) is 0. The molecule has 0 N–H and O–H groups in total. The number of hydrogen-bond acceptors (Lipinski definition) is 0. The quantitative estimate of drug-likeness (QED) is 0.454. The molecule has 0 aromatic carbocycles. The van der Waals surface area contributed by atoms with E-state index in [4.69, 9.17) is 0 Å². The Morgan fingerprint density at radius 2 is 1.44 bits per heavy atom. The van der Waals surface area contributed by atoms with Crippen LogP contribution in [0.1, 0.15) is 73.6 Å². The molecule has 0 radical (unpaired) electrons. The second kappa shape index (κ2) is 8.34. The van der Waals surface area contributed by atoms with Gasteiger partial charge in [-0.2, -0.15) is 0 Å². The monoisotopic (exact) mass is 248 g/mol. The maximum Gasteiger partial charge on any atom is -0.0286 e. The zero-order chi connectivity index (χ0) is 14.2. The SMILES string of the molecule is C=C(C)CC/C(C)=C/CC/C(C)=C/CC(C)(C)C. The van der Waals surface area contributed by atoms with Crippen molar-refractivity contribution in [1.82, 2.24) is 0 Å². The van der Waals surface area contributed by atoms with Crippen LogP contribution in [0.4, 0.5) is 0 Å². The predicted molar refractivity (Wildman–Crippen MR) is 84.9 cm³/mol. The van der Waals surface area contributed by atoms with Crippen LogP contribution < -0.4 is 0 Å². The minimum Gasteiger partial charge on any atom is -0.100 e. The van der Waals surface area contributed by atoms with Crippen LogP contribution in [0.3, 0.4) is 0 Å². The van der Waals surface area contributed by atoms with Crippen LogP contribution in [0, 0.1) is 5.41 Å². The highest BCUT2D eigenvalue weighted by Gasteiger charge is 2.07. The third kappa shape index (κ3) is 11.7. The van der Waals surface area contributed by atoms with Gasteiger partial charge >= 0.3 is 0 Å². The van der Waals surface area contributed by atoms with Crippen molar-refractivity contribution >= 4 is 0 Å². The summed E-state index contributed by atoms with van der Waals surface area (Å²) in [4.78, 5) is 0. The molecule has 104 valence electrons. The maximum atomic E-state index is 3.95. The van der Waals surface area contributed by atoms with E-state index in [0.29, 0.717) is 5.41 Å². The summed E-state index contributed by atoms with van der Waals surface area (Å²) in [5, 5.41) is 0. The number of allylic oxidation sites excluding steroid dienone is 5. The molecule has 0 rings (SSSR count). The molecule has 0 fully saturated rings. The van der Waals surface area contributed by atoms with Gasteiger partial charge in [0.1, 0.15) is 0 Å². The van der Waals surface area contributed by atoms with Crippen LogP contribution in [0.5, 0.6) is 0 Å². The van der Waals surface area contributed by atoms with E-state index < -0.39 is 0 Å². The van der Waals surface area contributed by atoms with E-state index in [9.17, 15) is 0 Å². The zero-order valence-electron chi connectivity index (χ0n) is 13.4. The first-order chi connectivity index (χ1) is 8.20. The molecule has 0 aromatic rings. The second-order valence-electron chi connectivity index (χ2n) is 6.86. The molecule has 0 bridgehead atoms. The lowest BCUT2D eigenvalue weighted by Gasteiger charge is -2.15. The van der Waals surface area contributed by atoms with Gasteiger partial charge in [0.25, 0.3) is 0 Å². The highest BCUT2D eigenvalue weighted by Crippen LogP contribution is 2.21. The third-order valence-corrected chi connectivity index (χ3v) is 3.04. The van der Waals surface area contributed by atoms with Gasteiger partial charge in [-0.1, -0.05) is 49.6 Å². The van der Waals surface area contributed by atoms with Crippen LogP contribution in [0.25, 0.3) is 0 Å². The van der Waals surface area contributed by atoms with E-state index in [1.54, 1.807) is 0 Å². The van der Waals surface area contributed by atoms with Gasteiger partial charge in [0.2, 0.25) is 0 Å². The Morgan fingerprint density at radius 1 is 0.889 bits per heavy atom. The Hall–Kier alpha value is -0.780. The van der Waals surface area contributed by atoms with Gasteiger partial charge in [0.15, 0.2) is 0 Å². The fourth-order valence-electron chi connectivity index (χ4n) is 1.64. The molecule has 0 amide bonds. The van der Waals surface area contributed by atoms with Crippen molar-refractivity contribution in [2.24, 2.45) is 5.41 Å². The van der Waals surface area contributed by atoms with E-state index in [1.165, 1.54) is 42.4 Å². The van der Waals surface area contributed by atoms with Crippen molar-refractivity contribution in [1.29, 1.82) is 0 Å². The van der Waals surface area contributed by atoms with Crippen molar-refractivity contribution in [2.45, 2.75) is 73.6 Å². The molecule has 0 aliphatic heterocycles. The van der Waals surface area contributed by atoms with E-state index in [2.05, 4.69) is 60.3 Å². The van der Waals surface area contributed by atoms with Crippen LogP contribution in [-0.2, 0) is 0 Å². The van der Waals surface area contributed by atoms with Crippen LogP contribution >= 0.6 is 0 Å². The summed E-state index contributed by atoms with van der Waals surface area (Å²) < 4.78 is 0. The molecule has 0 heterocycles. The van der Waals surface area contributed by atoms with E-state index >= 15 is 0 Å². The smallest absolute Gasteiger partial charge is 0.0286 e. The van der Waals surface area contributed by atoms with Crippen molar-refractivity contribution in [2.75, 3.05) is 0 Å². The normalized spacial score (nSPS) is 13.9. The first-order valence-electron chi connectivity index (χ1n) is 7.16. The summed E-state index contributed by atoms with van der Waals surface area (Å²) in [5.74, 6) is 0. The Kier molecular flexibility index (Phi) is 7.98. The van der Waals surface area contributed by atoms with E-state index in [-0.39, 0.29) is 0 Å². The van der Waals surface area contributed by atoms with Crippen LogP contribution in [-0.4, -0.2) is 0 Å². The molecule has 0 saturated carbocycles. The topological polar surface area (TPSA) is 0 Å². The Labute approximate surface area is 115 Å². The summed E-state index contributed by atoms with van der Waals surface area (Å²) in [6.45, 7) is 17.4. The zero-order valence-corrected chi connectivity index (χ0v) is 13.4.